The van der Waals surface area contributed by atoms with Crippen LogP contribution in [0.3, 0.4) is 0 Å². The summed E-state index contributed by atoms with van der Waals surface area (Å²) in [6, 6.07) is 6.10. The molecule has 1 heterocycles. The number of rotatable bonds is 6. The van der Waals surface area contributed by atoms with Crippen molar-refractivity contribution >= 4 is 5.91 Å². The molecule has 1 amide bonds. The van der Waals surface area contributed by atoms with Gasteiger partial charge in [0.25, 0.3) is 0 Å². The highest BCUT2D eigenvalue weighted by atomic mass is 16.5. The van der Waals surface area contributed by atoms with Crippen molar-refractivity contribution in [2.24, 2.45) is 5.92 Å². The minimum atomic E-state index is -0.673. The Kier molecular flexibility index (Phi) is 7.07. The highest BCUT2D eigenvalue weighted by Gasteiger charge is 2.50. The van der Waals surface area contributed by atoms with Crippen molar-refractivity contribution in [3.8, 4) is 11.5 Å². The first-order chi connectivity index (χ1) is 15.0. The Bertz CT molecular complexity index is 764. The van der Waals surface area contributed by atoms with Gasteiger partial charge in [0.1, 0.15) is 11.5 Å². The lowest BCUT2D eigenvalue weighted by Gasteiger charge is -2.52. The second kappa shape index (κ2) is 9.78. The van der Waals surface area contributed by atoms with E-state index in [1.165, 1.54) is 19.3 Å². The molecule has 0 radical (unpaired) electrons. The Labute approximate surface area is 186 Å². The van der Waals surface area contributed by atoms with E-state index in [1.54, 1.807) is 14.2 Å². The van der Waals surface area contributed by atoms with Crippen LogP contribution in [0, 0.1) is 5.92 Å². The quantitative estimate of drug-likeness (QED) is 0.718. The van der Waals surface area contributed by atoms with Crippen LogP contribution in [-0.2, 0) is 4.79 Å². The largest absolute Gasteiger partial charge is 0.497 e. The summed E-state index contributed by atoms with van der Waals surface area (Å²) in [5, 5.41) is 14.8. The average Bonchev–Trinajstić information content (AvgIpc) is 2.79. The van der Waals surface area contributed by atoms with Crippen LogP contribution in [0.25, 0.3) is 0 Å². The van der Waals surface area contributed by atoms with Crippen LogP contribution >= 0.6 is 0 Å². The van der Waals surface area contributed by atoms with Gasteiger partial charge in [-0.1, -0.05) is 32.1 Å². The van der Waals surface area contributed by atoms with Gasteiger partial charge >= 0.3 is 0 Å². The summed E-state index contributed by atoms with van der Waals surface area (Å²) >= 11 is 0. The molecule has 0 aromatic heterocycles. The number of hydrogen-bond acceptors (Lipinski definition) is 5. The second-order valence-corrected chi connectivity index (χ2v) is 9.63. The minimum absolute atomic E-state index is 0.0683. The summed E-state index contributed by atoms with van der Waals surface area (Å²) in [4.78, 5) is 15.3. The standard InChI is InChI=1S/C25H38N2O4/c1-30-19-11-12-22(31-2)20(16-19)24-21-10-6-7-13-25(21,29)14-15-27(24)17-23(28)26-18-8-4-3-5-9-18/h11-12,16,18,21,24,29H,3-10,13-15,17H2,1-2H3,(H,26,28)/t21-,24+,25-/m1/s1. The number of hydrogen-bond donors (Lipinski definition) is 2. The molecule has 31 heavy (non-hydrogen) atoms. The third kappa shape index (κ3) is 4.85. The molecule has 4 rings (SSSR count). The Morgan fingerprint density at radius 1 is 1.10 bits per heavy atom. The Hall–Kier alpha value is -1.79. The number of methoxy groups -OCH3 is 2. The van der Waals surface area contributed by atoms with Gasteiger partial charge in [0.2, 0.25) is 5.91 Å². The monoisotopic (exact) mass is 430 g/mol. The van der Waals surface area contributed by atoms with Gasteiger partial charge in [-0.25, -0.2) is 0 Å². The fourth-order valence-electron chi connectivity index (χ4n) is 6.11. The number of carbonyl (C=O) groups is 1. The van der Waals surface area contributed by atoms with E-state index in [2.05, 4.69) is 10.2 Å². The SMILES string of the molecule is COc1ccc(OC)c([C@H]2[C@H]3CCCC[C@@]3(O)CCN2CC(=O)NC2CCCCC2)c1. The van der Waals surface area contributed by atoms with E-state index in [4.69, 9.17) is 9.47 Å². The summed E-state index contributed by atoms with van der Waals surface area (Å²) in [6.07, 6.45) is 10.5. The van der Waals surface area contributed by atoms with Crippen molar-refractivity contribution in [1.29, 1.82) is 0 Å². The van der Waals surface area contributed by atoms with Crippen molar-refractivity contribution in [1.82, 2.24) is 10.2 Å². The van der Waals surface area contributed by atoms with Crippen molar-refractivity contribution < 1.29 is 19.4 Å². The van der Waals surface area contributed by atoms with Gasteiger partial charge in [-0.15, -0.1) is 0 Å². The first-order valence-corrected chi connectivity index (χ1v) is 12.0. The van der Waals surface area contributed by atoms with Crippen LogP contribution in [-0.4, -0.2) is 54.9 Å². The van der Waals surface area contributed by atoms with Crippen LogP contribution in [0.4, 0.5) is 0 Å². The van der Waals surface area contributed by atoms with E-state index < -0.39 is 5.60 Å². The third-order valence-electron chi connectivity index (χ3n) is 7.74. The van der Waals surface area contributed by atoms with Crippen molar-refractivity contribution in [2.45, 2.75) is 81.9 Å². The van der Waals surface area contributed by atoms with Gasteiger partial charge in [-0.05, 0) is 50.3 Å². The molecule has 3 atom stereocenters. The van der Waals surface area contributed by atoms with E-state index in [1.807, 2.05) is 18.2 Å². The molecule has 1 aromatic rings. The molecule has 6 nitrogen and oxygen atoms in total. The van der Waals surface area contributed by atoms with Gasteiger partial charge in [-0.3, -0.25) is 9.69 Å². The summed E-state index contributed by atoms with van der Waals surface area (Å²) < 4.78 is 11.2. The topological polar surface area (TPSA) is 71.0 Å². The number of carbonyl (C=O) groups excluding carboxylic acids is 1. The third-order valence-corrected chi connectivity index (χ3v) is 7.74. The number of benzene rings is 1. The number of fused-ring (bicyclic) bond motifs is 1. The lowest BCUT2D eigenvalue weighted by Crippen LogP contribution is -2.56. The van der Waals surface area contributed by atoms with Gasteiger partial charge in [0, 0.05) is 30.1 Å². The zero-order valence-corrected chi connectivity index (χ0v) is 19.1. The number of aliphatic hydroxyl groups is 1. The second-order valence-electron chi connectivity index (χ2n) is 9.63. The molecule has 1 aliphatic heterocycles. The fourth-order valence-corrected chi connectivity index (χ4v) is 6.11. The molecule has 3 aliphatic rings. The smallest absolute Gasteiger partial charge is 0.234 e. The fraction of sp³-hybridized carbons (Fsp3) is 0.720. The number of nitrogens with one attached hydrogen (secondary N) is 1. The number of amides is 1. The molecule has 6 heteroatoms. The van der Waals surface area contributed by atoms with Crippen LogP contribution in [0.2, 0.25) is 0 Å². The highest BCUT2D eigenvalue weighted by molar-refractivity contribution is 5.78. The van der Waals surface area contributed by atoms with Gasteiger partial charge < -0.3 is 19.9 Å². The Balaban J connectivity index is 1.61. The van der Waals surface area contributed by atoms with Gasteiger partial charge in [0.05, 0.1) is 26.4 Å². The van der Waals surface area contributed by atoms with Gasteiger partial charge in [-0.2, -0.15) is 0 Å². The van der Waals surface area contributed by atoms with E-state index in [0.717, 1.165) is 62.0 Å². The first kappa shape index (κ1) is 22.4. The molecule has 2 aliphatic carbocycles. The molecule has 0 spiro atoms. The van der Waals surface area contributed by atoms with E-state index in [-0.39, 0.29) is 17.9 Å². The molecule has 1 aromatic carbocycles. The predicted octanol–water partition coefficient (Wildman–Crippen LogP) is 3.82. The Morgan fingerprint density at radius 3 is 2.61 bits per heavy atom. The van der Waals surface area contributed by atoms with E-state index >= 15 is 0 Å². The maximum atomic E-state index is 13.0. The van der Waals surface area contributed by atoms with Crippen molar-refractivity contribution in [3.05, 3.63) is 23.8 Å². The number of ether oxygens (including phenoxy) is 2. The lowest BCUT2D eigenvalue weighted by atomic mass is 9.66. The first-order valence-electron chi connectivity index (χ1n) is 12.0. The molecule has 2 saturated carbocycles. The zero-order chi connectivity index (χ0) is 21.8. The normalized spacial score (nSPS) is 29.8. The van der Waals surface area contributed by atoms with Crippen LogP contribution < -0.4 is 14.8 Å². The van der Waals surface area contributed by atoms with Crippen molar-refractivity contribution in [2.75, 3.05) is 27.3 Å². The molecule has 0 unspecified atom stereocenters. The molecular formula is C25H38N2O4. The maximum absolute atomic E-state index is 13.0. The molecule has 2 N–H and O–H groups in total. The van der Waals surface area contributed by atoms with Crippen LogP contribution in [0.15, 0.2) is 18.2 Å². The highest BCUT2D eigenvalue weighted by Crippen LogP contribution is 2.51. The Morgan fingerprint density at radius 2 is 1.87 bits per heavy atom. The van der Waals surface area contributed by atoms with Crippen LogP contribution in [0.1, 0.15) is 75.8 Å². The minimum Gasteiger partial charge on any atom is -0.497 e. The summed E-state index contributed by atoms with van der Waals surface area (Å²) in [5.74, 6) is 1.74. The number of piperidine rings is 1. The summed E-state index contributed by atoms with van der Waals surface area (Å²) in [6.45, 7) is 1.06. The molecule has 1 saturated heterocycles. The number of nitrogens with zero attached hydrogens (tertiary/aromatic N) is 1. The van der Waals surface area contributed by atoms with Crippen molar-refractivity contribution in [3.63, 3.8) is 0 Å². The molecule has 0 bridgehead atoms. The molecular weight excluding hydrogens is 392 g/mol. The van der Waals surface area contributed by atoms with Gasteiger partial charge in [0.15, 0.2) is 0 Å². The average molecular weight is 431 g/mol. The molecule has 172 valence electrons. The number of likely N-dealkylation sites (tertiary alicyclic amines) is 1. The predicted molar refractivity (Wildman–Crippen MR) is 120 cm³/mol. The summed E-state index contributed by atoms with van der Waals surface area (Å²) in [7, 11) is 3.35. The van der Waals surface area contributed by atoms with Crippen LogP contribution in [0.5, 0.6) is 11.5 Å². The van der Waals surface area contributed by atoms with E-state index in [0.29, 0.717) is 19.1 Å². The molecule has 3 fully saturated rings. The zero-order valence-electron chi connectivity index (χ0n) is 19.1. The lowest BCUT2D eigenvalue weighted by molar-refractivity contribution is -0.138. The summed E-state index contributed by atoms with van der Waals surface area (Å²) in [5.41, 5.74) is 0.338. The maximum Gasteiger partial charge on any atom is 0.234 e. The van der Waals surface area contributed by atoms with E-state index in [9.17, 15) is 9.90 Å².